The molecule has 0 amide bonds. The van der Waals surface area contributed by atoms with Crippen LogP contribution >= 0.6 is 11.8 Å². The summed E-state index contributed by atoms with van der Waals surface area (Å²) >= 11 is 1.60. The molecule has 0 N–H and O–H groups in total. The van der Waals surface area contributed by atoms with Gasteiger partial charge in [0.05, 0.1) is 17.3 Å². The lowest BCUT2D eigenvalue weighted by Gasteiger charge is -2.18. The number of aromatic nitrogens is 4. The molecular formula is C25H23N5S. The quantitative estimate of drug-likeness (QED) is 0.360. The SMILES string of the molecule is CCc1cccc(CC)c1-n1c(SCc2ccccc2C#N)nnc1-c1cccnc1. The van der Waals surface area contributed by atoms with Crippen molar-refractivity contribution < 1.29 is 0 Å². The fourth-order valence-electron chi connectivity index (χ4n) is 3.65. The summed E-state index contributed by atoms with van der Waals surface area (Å²) in [5.74, 6) is 1.42. The van der Waals surface area contributed by atoms with Gasteiger partial charge in [-0.2, -0.15) is 5.26 Å². The molecule has 4 aromatic rings. The average molecular weight is 426 g/mol. The maximum absolute atomic E-state index is 9.44. The van der Waals surface area contributed by atoms with Crippen LogP contribution in [0.4, 0.5) is 0 Å². The lowest BCUT2D eigenvalue weighted by molar-refractivity contribution is 0.857. The molecule has 0 saturated carbocycles. The summed E-state index contributed by atoms with van der Waals surface area (Å²) in [5, 5.41) is 19.4. The van der Waals surface area contributed by atoms with E-state index >= 15 is 0 Å². The molecule has 0 atom stereocenters. The van der Waals surface area contributed by atoms with E-state index in [0.29, 0.717) is 11.3 Å². The van der Waals surface area contributed by atoms with Crippen LogP contribution < -0.4 is 0 Å². The number of nitriles is 1. The number of hydrogen-bond donors (Lipinski definition) is 0. The number of benzene rings is 2. The first-order valence-corrected chi connectivity index (χ1v) is 11.3. The summed E-state index contributed by atoms with van der Waals surface area (Å²) in [6.07, 6.45) is 5.40. The first-order chi connectivity index (χ1) is 15.3. The predicted molar refractivity (Wildman–Crippen MR) is 124 cm³/mol. The van der Waals surface area contributed by atoms with Crippen LogP contribution in [0.2, 0.25) is 0 Å². The zero-order chi connectivity index (χ0) is 21.6. The Hall–Kier alpha value is -3.43. The number of pyridine rings is 1. The molecule has 0 aliphatic rings. The van der Waals surface area contributed by atoms with Crippen LogP contribution in [0, 0.1) is 11.3 Å². The zero-order valence-corrected chi connectivity index (χ0v) is 18.4. The van der Waals surface area contributed by atoms with E-state index in [2.05, 4.69) is 57.9 Å². The van der Waals surface area contributed by atoms with E-state index in [4.69, 9.17) is 0 Å². The Kier molecular flexibility index (Phi) is 6.44. The molecule has 0 bridgehead atoms. The minimum Gasteiger partial charge on any atom is -0.269 e. The molecule has 2 heterocycles. The number of para-hydroxylation sites is 1. The Balaban J connectivity index is 1.85. The second-order valence-electron chi connectivity index (χ2n) is 7.07. The molecule has 0 fully saturated rings. The first kappa shape index (κ1) is 20.8. The highest BCUT2D eigenvalue weighted by Crippen LogP contribution is 2.33. The predicted octanol–water partition coefficient (Wildman–Crippen LogP) is 5.62. The molecule has 31 heavy (non-hydrogen) atoms. The summed E-state index contributed by atoms with van der Waals surface area (Å²) < 4.78 is 2.16. The van der Waals surface area contributed by atoms with Gasteiger partial charge < -0.3 is 0 Å². The van der Waals surface area contributed by atoms with Gasteiger partial charge in [0, 0.05) is 23.7 Å². The van der Waals surface area contributed by atoms with E-state index in [1.165, 1.54) is 11.1 Å². The van der Waals surface area contributed by atoms with Crippen molar-refractivity contribution in [3.05, 3.63) is 89.2 Å². The van der Waals surface area contributed by atoms with Gasteiger partial charge in [0.1, 0.15) is 0 Å². The molecule has 0 saturated heterocycles. The van der Waals surface area contributed by atoms with Gasteiger partial charge >= 0.3 is 0 Å². The van der Waals surface area contributed by atoms with Gasteiger partial charge in [-0.15, -0.1) is 10.2 Å². The zero-order valence-electron chi connectivity index (χ0n) is 17.6. The Morgan fingerprint density at radius 1 is 0.903 bits per heavy atom. The van der Waals surface area contributed by atoms with Gasteiger partial charge in [-0.3, -0.25) is 9.55 Å². The van der Waals surface area contributed by atoms with E-state index in [0.717, 1.165) is 40.6 Å². The number of thioether (sulfide) groups is 1. The van der Waals surface area contributed by atoms with E-state index in [1.807, 2.05) is 42.6 Å². The highest BCUT2D eigenvalue weighted by atomic mass is 32.2. The lowest BCUT2D eigenvalue weighted by Crippen LogP contribution is -2.07. The van der Waals surface area contributed by atoms with Gasteiger partial charge in [-0.25, -0.2) is 0 Å². The van der Waals surface area contributed by atoms with Gasteiger partial charge in [0.15, 0.2) is 11.0 Å². The summed E-state index contributed by atoms with van der Waals surface area (Å²) in [4.78, 5) is 4.28. The Bertz CT molecular complexity index is 1200. The monoisotopic (exact) mass is 425 g/mol. The molecule has 0 unspecified atom stereocenters. The standard InChI is InChI=1S/C25H23N5S/c1-3-18-11-7-12-19(4-2)23(18)30-24(21-13-8-14-27-16-21)28-29-25(30)31-17-22-10-6-5-9-20(22)15-26/h5-14,16H,3-4,17H2,1-2H3. The fraction of sp³-hybridized carbons (Fsp3) is 0.200. The Labute approximate surface area is 186 Å². The number of rotatable bonds is 7. The first-order valence-electron chi connectivity index (χ1n) is 10.3. The maximum Gasteiger partial charge on any atom is 0.196 e. The highest BCUT2D eigenvalue weighted by Gasteiger charge is 2.20. The van der Waals surface area contributed by atoms with Crippen molar-refractivity contribution in [3.63, 3.8) is 0 Å². The van der Waals surface area contributed by atoms with Gasteiger partial charge in [-0.1, -0.05) is 62.0 Å². The van der Waals surface area contributed by atoms with Crippen LogP contribution in [0.5, 0.6) is 0 Å². The van der Waals surface area contributed by atoms with Crippen LogP contribution in [0.15, 0.2) is 72.1 Å². The lowest BCUT2D eigenvalue weighted by atomic mass is 10.0. The number of aryl methyl sites for hydroxylation is 2. The highest BCUT2D eigenvalue weighted by molar-refractivity contribution is 7.98. The van der Waals surface area contributed by atoms with Crippen molar-refractivity contribution >= 4 is 11.8 Å². The molecule has 2 aromatic heterocycles. The topological polar surface area (TPSA) is 67.4 Å². The molecule has 0 aliphatic heterocycles. The van der Waals surface area contributed by atoms with Gasteiger partial charge in [0.25, 0.3) is 0 Å². The molecule has 0 radical (unpaired) electrons. The third kappa shape index (κ3) is 4.23. The van der Waals surface area contributed by atoms with Crippen molar-refractivity contribution in [2.24, 2.45) is 0 Å². The van der Waals surface area contributed by atoms with Crippen molar-refractivity contribution in [2.75, 3.05) is 0 Å². The van der Waals surface area contributed by atoms with E-state index in [1.54, 1.807) is 18.0 Å². The minimum absolute atomic E-state index is 0.644. The van der Waals surface area contributed by atoms with E-state index in [-0.39, 0.29) is 0 Å². The summed E-state index contributed by atoms with van der Waals surface area (Å²) in [5.41, 5.74) is 6.26. The molecule has 0 aliphatic carbocycles. The van der Waals surface area contributed by atoms with E-state index in [9.17, 15) is 5.26 Å². The normalized spacial score (nSPS) is 10.7. The second kappa shape index (κ2) is 9.59. The van der Waals surface area contributed by atoms with Crippen molar-refractivity contribution in [1.29, 1.82) is 5.26 Å². The molecule has 6 heteroatoms. The van der Waals surface area contributed by atoms with Crippen molar-refractivity contribution in [3.8, 4) is 23.1 Å². The summed E-state index contributed by atoms with van der Waals surface area (Å²) in [6.45, 7) is 4.34. The summed E-state index contributed by atoms with van der Waals surface area (Å²) in [7, 11) is 0. The molecule has 2 aromatic carbocycles. The maximum atomic E-state index is 9.44. The smallest absolute Gasteiger partial charge is 0.196 e. The van der Waals surface area contributed by atoms with Crippen molar-refractivity contribution in [1.82, 2.24) is 19.7 Å². The Morgan fingerprint density at radius 3 is 2.32 bits per heavy atom. The van der Waals surface area contributed by atoms with Crippen LogP contribution in [0.25, 0.3) is 17.1 Å². The fourth-order valence-corrected chi connectivity index (χ4v) is 4.59. The molecular weight excluding hydrogens is 402 g/mol. The molecule has 0 spiro atoms. The average Bonchev–Trinajstić information content (AvgIpc) is 3.26. The minimum atomic E-state index is 0.644. The van der Waals surface area contributed by atoms with Crippen LogP contribution in [0.3, 0.4) is 0 Å². The molecule has 5 nitrogen and oxygen atoms in total. The third-order valence-corrected chi connectivity index (χ3v) is 6.21. The van der Waals surface area contributed by atoms with Gasteiger partial charge in [-0.05, 0) is 47.7 Å². The second-order valence-corrected chi connectivity index (χ2v) is 8.02. The number of hydrogen-bond acceptors (Lipinski definition) is 5. The largest absolute Gasteiger partial charge is 0.269 e. The van der Waals surface area contributed by atoms with Crippen molar-refractivity contribution in [2.45, 2.75) is 37.6 Å². The van der Waals surface area contributed by atoms with Gasteiger partial charge in [0.2, 0.25) is 0 Å². The molecule has 154 valence electrons. The van der Waals surface area contributed by atoms with E-state index < -0.39 is 0 Å². The van der Waals surface area contributed by atoms with Crippen LogP contribution in [-0.4, -0.2) is 19.7 Å². The Morgan fingerprint density at radius 2 is 1.65 bits per heavy atom. The summed E-state index contributed by atoms with van der Waals surface area (Å²) in [6, 6.07) is 20.3. The van der Waals surface area contributed by atoms with Crippen LogP contribution in [-0.2, 0) is 18.6 Å². The van der Waals surface area contributed by atoms with Crippen LogP contribution in [0.1, 0.15) is 36.1 Å². The number of nitrogens with zero attached hydrogens (tertiary/aromatic N) is 5. The molecule has 4 rings (SSSR count). The third-order valence-electron chi connectivity index (χ3n) is 5.24.